The summed E-state index contributed by atoms with van der Waals surface area (Å²) in [7, 11) is 0. The molecule has 1 aliphatic rings. The Balaban J connectivity index is 1.57. The summed E-state index contributed by atoms with van der Waals surface area (Å²) in [6, 6.07) is 16.5. The summed E-state index contributed by atoms with van der Waals surface area (Å²) in [6.07, 6.45) is 2.58. The van der Waals surface area contributed by atoms with Crippen molar-refractivity contribution in [1.82, 2.24) is 15.1 Å². The van der Waals surface area contributed by atoms with Gasteiger partial charge in [-0.1, -0.05) is 72.5 Å². The van der Waals surface area contributed by atoms with E-state index in [-0.39, 0.29) is 0 Å². The van der Waals surface area contributed by atoms with Crippen molar-refractivity contribution in [3.63, 3.8) is 0 Å². The third-order valence-electron chi connectivity index (χ3n) is 4.79. The van der Waals surface area contributed by atoms with E-state index in [1.54, 1.807) is 12.4 Å². The number of hydrogen-bond donors (Lipinski definition) is 3. The van der Waals surface area contributed by atoms with Crippen LogP contribution in [0.5, 0.6) is 0 Å². The topological polar surface area (TPSA) is 84.0 Å². The second-order valence-electron chi connectivity index (χ2n) is 7.37. The van der Waals surface area contributed by atoms with E-state index in [1.165, 1.54) is 16.8 Å². The maximum atomic E-state index is 12.9. The molecular weight excluding hydrogens is 418 g/mol. The molecule has 2 aromatic carbocycles. The van der Waals surface area contributed by atoms with Crippen LogP contribution in [0.3, 0.4) is 0 Å². The number of hydrogen-bond acceptors (Lipinski definition) is 5. The van der Waals surface area contributed by atoms with Crippen molar-refractivity contribution in [3.05, 3.63) is 66.4 Å². The molecule has 2 amide bonds. The van der Waals surface area contributed by atoms with Gasteiger partial charge >= 0.3 is 6.03 Å². The molecule has 4 rings (SSSR count). The van der Waals surface area contributed by atoms with Crippen molar-refractivity contribution in [2.75, 3.05) is 5.32 Å². The first kappa shape index (κ1) is 20.4. The number of carbonyl (C=O) groups excluding carboxylic acids is 1. The van der Waals surface area contributed by atoms with Gasteiger partial charge in [0.1, 0.15) is 0 Å². The highest BCUT2D eigenvalue weighted by Crippen LogP contribution is 2.42. The minimum atomic E-state index is -0.778. The van der Waals surface area contributed by atoms with Gasteiger partial charge in [0, 0.05) is 17.1 Å². The third-order valence-corrected chi connectivity index (χ3v) is 6.33. The first-order valence-electron chi connectivity index (χ1n) is 9.33. The Kier molecular flexibility index (Phi) is 5.50. The molecule has 0 aliphatic carbocycles. The minimum Gasteiger partial charge on any atom is -0.359 e. The van der Waals surface area contributed by atoms with Crippen molar-refractivity contribution in [2.24, 2.45) is 5.10 Å². The van der Waals surface area contributed by atoms with Crippen LogP contribution in [-0.2, 0) is 0 Å². The van der Waals surface area contributed by atoms with Crippen molar-refractivity contribution < 1.29 is 10.0 Å². The van der Waals surface area contributed by atoms with Gasteiger partial charge in [-0.05, 0) is 25.5 Å². The van der Waals surface area contributed by atoms with Gasteiger partial charge in [-0.15, -0.1) is 0 Å². The highest BCUT2D eigenvalue weighted by molar-refractivity contribution is 8.24. The molecule has 1 unspecified atom stereocenters. The Morgan fingerprint density at radius 3 is 2.73 bits per heavy atom. The molecule has 30 heavy (non-hydrogen) atoms. The zero-order valence-electron chi connectivity index (χ0n) is 16.4. The average molecular weight is 440 g/mol. The first-order valence-corrected chi connectivity index (χ1v) is 10.6. The van der Waals surface area contributed by atoms with Crippen LogP contribution in [0.1, 0.15) is 19.4 Å². The lowest BCUT2D eigenvalue weighted by Crippen LogP contribution is -2.54. The van der Waals surface area contributed by atoms with Crippen LogP contribution in [0.15, 0.2) is 65.9 Å². The average Bonchev–Trinajstić information content (AvgIpc) is 3.23. The van der Waals surface area contributed by atoms with E-state index in [0.717, 1.165) is 16.5 Å². The van der Waals surface area contributed by atoms with Gasteiger partial charge < -0.3 is 10.3 Å². The molecule has 0 bridgehead atoms. The molecule has 1 fully saturated rings. The van der Waals surface area contributed by atoms with E-state index >= 15 is 0 Å². The largest absolute Gasteiger partial charge is 0.359 e. The number of aromatic amines is 1. The fraction of sp³-hybridized carbons (Fsp3) is 0.190. The summed E-state index contributed by atoms with van der Waals surface area (Å²) in [4.78, 5) is 16.0. The third kappa shape index (κ3) is 3.91. The molecule has 3 N–H and O–H groups in total. The molecule has 1 atom stereocenters. The zero-order valence-corrected chi connectivity index (χ0v) is 18.1. The molecule has 1 saturated heterocycles. The zero-order chi connectivity index (χ0) is 21.3. The smallest absolute Gasteiger partial charge is 0.347 e. The van der Waals surface area contributed by atoms with Crippen LogP contribution >= 0.6 is 24.0 Å². The number of para-hydroxylation sites is 1. The van der Waals surface area contributed by atoms with Gasteiger partial charge in [-0.3, -0.25) is 5.21 Å². The van der Waals surface area contributed by atoms with Crippen molar-refractivity contribution in [1.29, 1.82) is 0 Å². The maximum absolute atomic E-state index is 12.9. The Hall–Kier alpha value is -2.88. The number of thiocarbonyl (C=S) groups is 1. The fourth-order valence-corrected chi connectivity index (χ4v) is 5.14. The molecule has 7 nitrogen and oxygen atoms in total. The summed E-state index contributed by atoms with van der Waals surface area (Å²) < 4.78 is -0.0895. The van der Waals surface area contributed by atoms with Crippen LogP contribution in [0, 0.1) is 0 Å². The van der Waals surface area contributed by atoms with E-state index in [0.29, 0.717) is 15.1 Å². The molecule has 2 heterocycles. The monoisotopic (exact) mass is 439 g/mol. The van der Waals surface area contributed by atoms with Gasteiger partial charge in [0.15, 0.2) is 10.5 Å². The lowest BCUT2D eigenvalue weighted by atomic mass is 10.1. The molecule has 0 saturated carbocycles. The Labute approximate surface area is 183 Å². The Morgan fingerprint density at radius 1 is 1.27 bits per heavy atom. The van der Waals surface area contributed by atoms with Gasteiger partial charge in [0.2, 0.25) is 0 Å². The molecule has 3 aromatic rings. The number of amides is 2. The van der Waals surface area contributed by atoms with Crippen molar-refractivity contribution >= 4 is 57.1 Å². The second-order valence-corrected chi connectivity index (χ2v) is 9.66. The Bertz CT molecular complexity index is 1110. The number of rotatable bonds is 4. The van der Waals surface area contributed by atoms with Gasteiger partial charge in [-0.25, -0.2) is 9.80 Å². The molecular formula is C21H21N5O2S2. The second kappa shape index (κ2) is 8.10. The normalized spacial score (nSPS) is 18.3. The van der Waals surface area contributed by atoms with Crippen LogP contribution < -0.4 is 5.32 Å². The number of anilines is 1. The number of carbonyl (C=O) groups is 1. The molecule has 0 radical (unpaired) electrons. The van der Waals surface area contributed by atoms with E-state index in [9.17, 15) is 10.0 Å². The highest BCUT2D eigenvalue weighted by Gasteiger charge is 2.50. The predicted octanol–water partition coefficient (Wildman–Crippen LogP) is 4.86. The summed E-state index contributed by atoms with van der Waals surface area (Å²) in [5.41, 5.74) is 2.37. The van der Waals surface area contributed by atoms with Crippen molar-refractivity contribution in [2.45, 2.75) is 24.8 Å². The molecule has 9 heteroatoms. The number of H-pyrrole nitrogens is 1. The predicted molar refractivity (Wildman–Crippen MR) is 125 cm³/mol. The number of hydrazone groups is 1. The van der Waals surface area contributed by atoms with E-state index < -0.39 is 16.9 Å². The number of hydroxylamine groups is 2. The first-order chi connectivity index (χ1) is 14.4. The molecule has 154 valence electrons. The van der Waals surface area contributed by atoms with E-state index in [4.69, 9.17) is 12.2 Å². The standard InChI is InChI=1S/C21H21N5O2S2/c1-21(2)18(25(20(29)30-21)23-12-14-8-4-3-5-9-14)26(28)19(27)24-17-13-22-16-11-7-6-10-15(16)17/h3-13,18,22,28H,1-2H3,(H,24,27). The SMILES string of the molecule is CC1(C)SC(=S)N(N=Cc2ccccc2)C1N(O)C(=O)Nc1c[nH]c2ccccc12. The number of nitrogens with zero attached hydrogens (tertiary/aromatic N) is 3. The van der Waals surface area contributed by atoms with Gasteiger partial charge in [0.05, 0.1) is 16.6 Å². The lowest BCUT2D eigenvalue weighted by molar-refractivity contribution is -0.114. The number of urea groups is 1. The van der Waals surface area contributed by atoms with Crippen molar-refractivity contribution in [3.8, 4) is 0 Å². The summed E-state index contributed by atoms with van der Waals surface area (Å²) in [5, 5.41) is 21.1. The van der Waals surface area contributed by atoms with Crippen LogP contribution in [0.25, 0.3) is 10.9 Å². The molecule has 1 aromatic heterocycles. The lowest BCUT2D eigenvalue weighted by Gasteiger charge is -2.34. The number of thioether (sulfide) groups is 1. The molecule has 0 spiro atoms. The number of benzene rings is 2. The van der Waals surface area contributed by atoms with Gasteiger partial charge in [-0.2, -0.15) is 10.2 Å². The molecule has 1 aliphatic heterocycles. The number of fused-ring (bicyclic) bond motifs is 1. The fourth-order valence-electron chi connectivity index (χ4n) is 3.35. The summed E-state index contributed by atoms with van der Waals surface area (Å²) >= 11 is 6.85. The number of aromatic nitrogens is 1. The van der Waals surface area contributed by atoms with Crippen LogP contribution in [0.4, 0.5) is 10.5 Å². The minimum absolute atomic E-state index is 0.483. The van der Waals surface area contributed by atoms with E-state index in [1.807, 2.05) is 68.4 Å². The van der Waals surface area contributed by atoms with Gasteiger partial charge in [0.25, 0.3) is 0 Å². The van der Waals surface area contributed by atoms with E-state index in [2.05, 4.69) is 15.4 Å². The van der Waals surface area contributed by atoms with Crippen LogP contribution in [0.2, 0.25) is 0 Å². The quantitative estimate of drug-likeness (QED) is 0.234. The summed E-state index contributed by atoms with van der Waals surface area (Å²) in [5.74, 6) is 0. The summed E-state index contributed by atoms with van der Waals surface area (Å²) in [6.45, 7) is 3.82. The highest BCUT2D eigenvalue weighted by atomic mass is 32.2. The van der Waals surface area contributed by atoms with Crippen LogP contribution in [-0.4, -0.2) is 47.7 Å². The Morgan fingerprint density at radius 2 is 1.97 bits per heavy atom. The maximum Gasteiger partial charge on any atom is 0.347 e. The number of nitrogens with one attached hydrogen (secondary N) is 2.